The molecule has 3 aromatic rings. The van der Waals surface area contributed by atoms with Gasteiger partial charge >= 0.3 is 0 Å². The van der Waals surface area contributed by atoms with Gasteiger partial charge in [-0.2, -0.15) is 15.2 Å². The van der Waals surface area contributed by atoms with Gasteiger partial charge in [0.25, 0.3) is 0 Å². The highest BCUT2D eigenvalue weighted by atomic mass is 35.5. The van der Waals surface area contributed by atoms with Crippen LogP contribution in [0.15, 0.2) is 18.6 Å². The summed E-state index contributed by atoms with van der Waals surface area (Å²) >= 11 is 0. The fourth-order valence-electron chi connectivity index (χ4n) is 1.74. The average Bonchev–Trinajstić information content (AvgIpc) is 2.85. The molecule has 0 aliphatic carbocycles. The third-order valence-electron chi connectivity index (χ3n) is 2.57. The van der Waals surface area contributed by atoms with Crippen molar-refractivity contribution in [3.05, 3.63) is 18.6 Å². The van der Waals surface area contributed by atoms with E-state index < -0.39 is 0 Å². The van der Waals surface area contributed by atoms with Crippen molar-refractivity contribution in [2.24, 2.45) is 14.1 Å². The van der Waals surface area contributed by atoms with Gasteiger partial charge in [-0.05, 0) is 0 Å². The van der Waals surface area contributed by atoms with Crippen molar-refractivity contribution >= 4 is 40.9 Å². The predicted octanol–water partition coefficient (Wildman–Crippen LogP) is 0.844. The number of rotatable bonds is 2. The first kappa shape index (κ1) is 13.1. The molecule has 0 amide bonds. The van der Waals surface area contributed by atoms with Crippen molar-refractivity contribution in [3.8, 4) is 0 Å². The van der Waals surface area contributed by atoms with Gasteiger partial charge in [0.1, 0.15) is 0 Å². The Morgan fingerprint density at radius 2 is 2.05 bits per heavy atom. The van der Waals surface area contributed by atoms with Crippen LogP contribution in [0.5, 0.6) is 0 Å². The smallest absolute Gasteiger partial charge is 0.229 e. The van der Waals surface area contributed by atoms with Crippen LogP contribution in [0.1, 0.15) is 0 Å². The van der Waals surface area contributed by atoms with Crippen molar-refractivity contribution in [1.82, 2.24) is 29.5 Å². The van der Waals surface area contributed by atoms with E-state index in [9.17, 15) is 0 Å². The fourth-order valence-corrected chi connectivity index (χ4v) is 1.74. The van der Waals surface area contributed by atoms with Crippen LogP contribution in [0.4, 0.5) is 17.5 Å². The highest BCUT2D eigenvalue weighted by molar-refractivity contribution is 5.86. The van der Waals surface area contributed by atoms with Crippen molar-refractivity contribution < 1.29 is 0 Å². The van der Waals surface area contributed by atoms with Gasteiger partial charge in [0, 0.05) is 26.5 Å². The number of hydrogen-bond acceptors (Lipinski definition) is 6. The third kappa shape index (κ3) is 2.29. The van der Waals surface area contributed by atoms with Gasteiger partial charge in [0.05, 0.1) is 17.3 Å². The number of hydrogen-bond donors (Lipinski definition) is 2. The van der Waals surface area contributed by atoms with Gasteiger partial charge < -0.3 is 11.1 Å². The zero-order chi connectivity index (χ0) is 12.7. The molecule has 0 bridgehead atoms. The normalized spacial score (nSPS) is 10.4. The largest absolute Gasteiger partial charge is 0.382 e. The number of halogens is 1. The van der Waals surface area contributed by atoms with Gasteiger partial charge in [-0.1, -0.05) is 0 Å². The minimum Gasteiger partial charge on any atom is -0.382 e. The molecule has 0 aliphatic heterocycles. The standard InChI is InChI=1S/C10H12N8.ClH/c1-17-5-6(3-13-17)14-10-12-4-7-8(11)16-18(2)9(7)15-10;/h3-5H,1-2H3,(H2,11,16)(H,12,14,15);1H. The van der Waals surface area contributed by atoms with Crippen molar-refractivity contribution in [2.45, 2.75) is 0 Å². The molecule has 0 unspecified atom stereocenters. The highest BCUT2D eigenvalue weighted by Gasteiger charge is 2.09. The Labute approximate surface area is 115 Å². The first-order valence-electron chi connectivity index (χ1n) is 5.34. The molecule has 0 aliphatic rings. The first-order chi connectivity index (χ1) is 8.63. The summed E-state index contributed by atoms with van der Waals surface area (Å²) < 4.78 is 3.32. The second-order valence-corrected chi connectivity index (χ2v) is 3.97. The first-order valence-corrected chi connectivity index (χ1v) is 5.34. The molecular formula is C10H13ClN8. The average molecular weight is 281 g/mol. The van der Waals surface area contributed by atoms with Crippen LogP contribution in [0.25, 0.3) is 11.0 Å². The monoisotopic (exact) mass is 280 g/mol. The lowest BCUT2D eigenvalue weighted by Gasteiger charge is -2.01. The summed E-state index contributed by atoms with van der Waals surface area (Å²) in [6, 6.07) is 0. The maximum absolute atomic E-state index is 5.74. The molecule has 0 spiro atoms. The molecular weight excluding hydrogens is 268 g/mol. The van der Waals surface area contributed by atoms with Crippen LogP contribution in [0.2, 0.25) is 0 Å². The number of nitrogens with zero attached hydrogens (tertiary/aromatic N) is 6. The highest BCUT2D eigenvalue weighted by Crippen LogP contribution is 2.19. The summed E-state index contributed by atoms with van der Waals surface area (Å²) in [5, 5.41) is 12.0. The van der Waals surface area contributed by atoms with Crippen molar-refractivity contribution in [1.29, 1.82) is 0 Å². The van der Waals surface area contributed by atoms with E-state index in [2.05, 4.69) is 25.5 Å². The SMILES string of the molecule is Cl.Cn1cc(Nc2ncc3c(N)nn(C)c3n2)cn1. The summed E-state index contributed by atoms with van der Waals surface area (Å²) in [5.41, 5.74) is 7.25. The fraction of sp³-hybridized carbons (Fsp3) is 0.200. The Morgan fingerprint density at radius 1 is 1.26 bits per heavy atom. The Morgan fingerprint density at radius 3 is 2.74 bits per heavy atom. The quantitative estimate of drug-likeness (QED) is 0.722. The molecule has 0 fully saturated rings. The molecule has 100 valence electrons. The number of nitrogens with one attached hydrogen (secondary N) is 1. The molecule has 8 nitrogen and oxygen atoms in total. The molecule has 0 saturated carbocycles. The Kier molecular flexibility index (Phi) is 3.26. The molecule has 0 saturated heterocycles. The minimum atomic E-state index is 0. The molecule has 3 heterocycles. The van der Waals surface area contributed by atoms with Crippen molar-refractivity contribution in [3.63, 3.8) is 0 Å². The molecule has 3 rings (SSSR count). The van der Waals surface area contributed by atoms with E-state index in [4.69, 9.17) is 5.73 Å². The molecule has 9 heteroatoms. The molecule has 0 radical (unpaired) electrons. The third-order valence-corrected chi connectivity index (χ3v) is 2.57. The van der Waals surface area contributed by atoms with Gasteiger partial charge in [-0.25, -0.2) is 9.67 Å². The summed E-state index contributed by atoms with van der Waals surface area (Å²) in [6.07, 6.45) is 5.19. The number of fused-ring (bicyclic) bond motifs is 1. The number of aromatic nitrogens is 6. The molecule has 3 N–H and O–H groups in total. The minimum absolute atomic E-state index is 0. The van der Waals surface area contributed by atoms with E-state index >= 15 is 0 Å². The van der Waals surface area contributed by atoms with E-state index in [1.54, 1.807) is 28.8 Å². The summed E-state index contributed by atoms with van der Waals surface area (Å²) in [6.45, 7) is 0. The lowest BCUT2D eigenvalue weighted by molar-refractivity contribution is 0.768. The van der Waals surface area contributed by atoms with E-state index in [0.717, 1.165) is 11.1 Å². The van der Waals surface area contributed by atoms with E-state index in [-0.39, 0.29) is 12.4 Å². The second kappa shape index (κ2) is 4.73. The Bertz CT molecular complexity index is 715. The molecule has 19 heavy (non-hydrogen) atoms. The second-order valence-electron chi connectivity index (χ2n) is 3.97. The number of nitrogen functional groups attached to an aromatic ring is 1. The summed E-state index contributed by atoms with van der Waals surface area (Å²) in [4.78, 5) is 8.55. The molecule has 3 aromatic heterocycles. The van der Waals surface area contributed by atoms with Gasteiger partial charge in [-0.3, -0.25) is 4.68 Å². The van der Waals surface area contributed by atoms with Crippen LogP contribution >= 0.6 is 12.4 Å². The Hall–Kier alpha value is -2.35. The molecule has 0 atom stereocenters. The Balaban J connectivity index is 0.00000133. The van der Waals surface area contributed by atoms with Crippen LogP contribution in [0.3, 0.4) is 0 Å². The van der Waals surface area contributed by atoms with Crippen LogP contribution < -0.4 is 11.1 Å². The van der Waals surface area contributed by atoms with Crippen LogP contribution in [-0.4, -0.2) is 29.5 Å². The van der Waals surface area contributed by atoms with E-state index in [1.165, 1.54) is 0 Å². The van der Waals surface area contributed by atoms with Gasteiger partial charge in [0.2, 0.25) is 5.95 Å². The van der Waals surface area contributed by atoms with Crippen molar-refractivity contribution in [2.75, 3.05) is 11.1 Å². The van der Waals surface area contributed by atoms with Gasteiger partial charge in [0.15, 0.2) is 11.5 Å². The summed E-state index contributed by atoms with van der Waals surface area (Å²) in [7, 11) is 3.64. The lowest BCUT2D eigenvalue weighted by Crippen LogP contribution is -1.98. The maximum Gasteiger partial charge on any atom is 0.229 e. The predicted molar refractivity (Wildman–Crippen MR) is 74.5 cm³/mol. The lowest BCUT2D eigenvalue weighted by atomic mass is 10.4. The number of aryl methyl sites for hydroxylation is 2. The summed E-state index contributed by atoms with van der Waals surface area (Å²) in [5.74, 6) is 0.916. The molecule has 0 aromatic carbocycles. The van der Waals surface area contributed by atoms with Gasteiger partial charge in [-0.15, -0.1) is 12.4 Å². The number of nitrogens with two attached hydrogens (primary N) is 1. The topological polar surface area (TPSA) is 99.5 Å². The zero-order valence-electron chi connectivity index (χ0n) is 10.4. The maximum atomic E-state index is 5.74. The van der Waals surface area contributed by atoms with E-state index in [1.807, 2.05) is 13.2 Å². The van der Waals surface area contributed by atoms with Crippen LogP contribution in [0, 0.1) is 0 Å². The number of anilines is 3. The zero-order valence-corrected chi connectivity index (χ0v) is 11.2. The van der Waals surface area contributed by atoms with Crippen LogP contribution in [-0.2, 0) is 14.1 Å². The van der Waals surface area contributed by atoms with E-state index in [0.29, 0.717) is 17.4 Å².